The van der Waals surface area contributed by atoms with Crippen molar-refractivity contribution in [1.82, 2.24) is 0 Å². The summed E-state index contributed by atoms with van der Waals surface area (Å²) < 4.78 is 9.45. The van der Waals surface area contributed by atoms with E-state index in [0.29, 0.717) is 6.54 Å². The lowest BCUT2D eigenvalue weighted by atomic mass is 9.79. The van der Waals surface area contributed by atoms with Crippen molar-refractivity contribution in [2.45, 2.75) is 84.2 Å². The minimum atomic E-state index is -0.0594. The fourth-order valence-corrected chi connectivity index (χ4v) is 8.06. The van der Waals surface area contributed by atoms with Gasteiger partial charge in [-0.05, 0) is 101 Å². The molecule has 3 aromatic carbocycles. The molecule has 2 atom stereocenters. The number of hydrogen-bond acceptors (Lipinski definition) is 3. The number of likely N-dealkylation sites (N-methyl/N-ethyl adjacent to an activating group) is 1. The molecule has 4 nitrogen and oxygen atoms in total. The van der Waals surface area contributed by atoms with Crippen LogP contribution < -0.4 is 15.4 Å². The molecular weight excluding hydrogens is 562 g/mol. The summed E-state index contributed by atoms with van der Waals surface area (Å²) >= 11 is 0. The van der Waals surface area contributed by atoms with Crippen molar-refractivity contribution >= 4 is 17.1 Å². The minimum Gasteiger partial charge on any atom is -0.485 e. The highest BCUT2D eigenvalue weighted by Crippen LogP contribution is 2.48. The molecule has 0 aromatic heterocycles. The van der Waals surface area contributed by atoms with Gasteiger partial charge in [0.25, 0.3) is 0 Å². The summed E-state index contributed by atoms with van der Waals surface area (Å²) in [5, 5.41) is 0. The summed E-state index contributed by atoms with van der Waals surface area (Å²) in [6.07, 6.45) is 13.8. The van der Waals surface area contributed by atoms with E-state index in [1.807, 2.05) is 0 Å². The molecule has 240 valence electrons. The van der Waals surface area contributed by atoms with Gasteiger partial charge in [0.1, 0.15) is 18.4 Å². The Hall–Kier alpha value is -3.89. The lowest BCUT2D eigenvalue weighted by molar-refractivity contribution is -0.433. The van der Waals surface area contributed by atoms with Gasteiger partial charge in [-0.15, -0.1) is 0 Å². The van der Waals surface area contributed by atoms with Crippen molar-refractivity contribution in [2.75, 3.05) is 24.5 Å². The molecule has 46 heavy (non-hydrogen) atoms. The predicted molar refractivity (Wildman–Crippen MR) is 194 cm³/mol. The third kappa shape index (κ3) is 5.77. The summed E-state index contributed by atoms with van der Waals surface area (Å²) in [6.45, 7) is 16.5. The Morgan fingerprint density at radius 3 is 2.33 bits per heavy atom. The van der Waals surface area contributed by atoms with Crippen molar-refractivity contribution in [3.63, 3.8) is 0 Å². The fourth-order valence-electron chi connectivity index (χ4n) is 8.06. The second-order valence-electron chi connectivity index (χ2n) is 14.1. The molecule has 0 bridgehead atoms. The number of fused-ring (bicyclic) bond motifs is 2. The molecule has 2 heterocycles. The van der Waals surface area contributed by atoms with Crippen molar-refractivity contribution in [3.05, 3.63) is 125 Å². The largest absolute Gasteiger partial charge is 0.485 e. The highest BCUT2D eigenvalue weighted by atomic mass is 16.5. The zero-order valence-corrected chi connectivity index (χ0v) is 28.7. The quantitative estimate of drug-likeness (QED) is 0.245. The van der Waals surface area contributed by atoms with Crippen LogP contribution in [0.25, 0.3) is 0 Å². The van der Waals surface area contributed by atoms with Crippen LogP contribution in [0.5, 0.6) is 5.75 Å². The first-order valence-electron chi connectivity index (χ1n) is 17.4. The third-order valence-electron chi connectivity index (χ3n) is 10.6. The number of rotatable bonds is 9. The summed E-state index contributed by atoms with van der Waals surface area (Å²) in [4.78, 5) is 2.48. The minimum absolute atomic E-state index is 0.0354. The van der Waals surface area contributed by atoms with Gasteiger partial charge in [0.2, 0.25) is 5.69 Å². The second-order valence-corrected chi connectivity index (χ2v) is 14.1. The number of allylic oxidation sites excluding steroid dienone is 4. The van der Waals surface area contributed by atoms with Crippen LogP contribution in [-0.4, -0.2) is 36.0 Å². The molecule has 1 fully saturated rings. The number of nitrogens with zero attached hydrogens (tertiary/aromatic N) is 2. The van der Waals surface area contributed by atoms with E-state index in [9.17, 15) is 0 Å². The average Bonchev–Trinajstić information content (AvgIpc) is 3.42. The second kappa shape index (κ2) is 13.1. The van der Waals surface area contributed by atoms with E-state index in [0.717, 1.165) is 44.5 Å². The summed E-state index contributed by atoms with van der Waals surface area (Å²) in [5.41, 5.74) is 16.5. The maximum absolute atomic E-state index is 6.96. The van der Waals surface area contributed by atoms with Crippen molar-refractivity contribution in [1.29, 1.82) is 0 Å². The Bertz CT molecular complexity index is 1690. The van der Waals surface area contributed by atoms with Crippen LogP contribution in [0.3, 0.4) is 0 Å². The summed E-state index contributed by atoms with van der Waals surface area (Å²) in [5.74, 6) is 1.19. The molecule has 0 amide bonds. The van der Waals surface area contributed by atoms with Crippen LogP contribution in [0.1, 0.15) is 77.5 Å². The highest BCUT2D eigenvalue weighted by Gasteiger charge is 2.44. The Labute approximate surface area is 277 Å². The number of anilines is 1. The maximum atomic E-state index is 6.96. The Kier molecular flexibility index (Phi) is 9.12. The van der Waals surface area contributed by atoms with Crippen molar-refractivity contribution < 1.29 is 9.31 Å². The maximum Gasteiger partial charge on any atom is 0.209 e. The van der Waals surface area contributed by atoms with Crippen LogP contribution in [0.15, 0.2) is 108 Å². The van der Waals surface area contributed by atoms with Crippen molar-refractivity contribution in [2.24, 2.45) is 11.7 Å². The van der Waals surface area contributed by atoms with Gasteiger partial charge in [0, 0.05) is 47.0 Å². The van der Waals surface area contributed by atoms with Gasteiger partial charge in [-0.3, -0.25) is 0 Å². The Morgan fingerprint density at radius 2 is 1.61 bits per heavy atom. The molecule has 0 saturated heterocycles. The standard InChI is InChI=1S/C42H52N3O/c1-7-44-36-18-11-9-16-34(36)41(3,4)38(44)26-22-31-14-13-15-32(40(31)46-33-24-20-30(21-25-33)28-29-43)23-27-39-42(5,6)35-17-10-12-19-37(35)45(39)8-2/h9-12,16-27,31,40H,7-8,13-15,28-29,43H2,1-6H3/q+1/b26-22+,32-23+,39-27+. The van der Waals surface area contributed by atoms with Gasteiger partial charge in [0.05, 0.1) is 5.41 Å². The van der Waals surface area contributed by atoms with Crippen molar-refractivity contribution in [3.8, 4) is 5.75 Å². The van der Waals surface area contributed by atoms with E-state index < -0.39 is 0 Å². The first kappa shape index (κ1) is 32.1. The molecule has 0 spiro atoms. The number of para-hydroxylation sites is 2. The molecule has 2 aliphatic heterocycles. The third-order valence-corrected chi connectivity index (χ3v) is 10.6. The van der Waals surface area contributed by atoms with Crippen LogP contribution in [-0.2, 0) is 17.3 Å². The van der Waals surface area contributed by atoms with Gasteiger partial charge in [-0.2, -0.15) is 4.58 Å². The van der Waals surface area contributed by atoms with Gasteiger partial charge in [0.15, 0.2) is 5.71 Å². The van der Waals surface area contributed by atoms with Crippen LogP contribution in [0, 0.1) is 5.92 Å². The molecule has 2 unspecified atom stereocenters. The molecule has 0 radical (unpaired) electrons. The van der Waals surface area contributed by atoms with E-state index in [1.54, 1.807) is 0 Å². The molecule has 2 N–H and O–H groups in total. The first-order chi connectivity index (χ1) is 22.2. The lowest BCUT2D eigenvalue weighted by Crippen LogP contribution is -2.33. The molecule has 6 rings (SSSR count). The first-order valence-corrected chi connectivity index (χ1v) is 17.4. The van der Waals surface area contributed by atoms with Gasteiger partial charge in [-0.25, -0.2) is 0 Å². The van der Waals surface area contributed by atoms with E-state index in [-0.39, 0.29) is 22.9 Å². The molecule has 3 aliphatic rings. The smallest absolute Gasteiger partial charge is 0.209 e. The van der Waals surface area contributed by atoms with Gasteiger partial charge < -0.3 is 15.4 Å². The zero-order chi connectivity index (χ0) is 32.5. The van der Waals surface area contributed by atoms with Gasteiger partial charge >= 0.3 is 0 Å². The van der Waals surface area contributed by atoms with Gasteiger partial charge in [-0.1, -0.05) is 74.5 Å². The molecule has 4 heteroatoms. The highest BCUT2D eigenvalue weighted by molar-refractivity contribution is 6.03. The molecular formula is C42H52N3O+. The number of ether oxygens (including phenoxy) is 1. The Morgan fingerprint density at radius 1 is 0.891 bits per heavy atom. The predicted octanol–water partition coefficient (Wildman–Crippen LogP) is 9.02. The zero-order valence-electron chi connectivity index (χ0n) is 28.7. The van der Waals surface area contributed by atoms with Crippen LogP contribution in [0.2, 0.25) is 0 Å². The molecule has 1 aliphatic carbocycles. The topological polar surface area (TPSA) is 41.5 Å². The Balaban J connectivity index is 1.37. The van der Waals surface area contributed by atoms with E-state index >= 15 is 0 Å². The fraction of sp³-hybridized carbons (Fsp3) is 0.405. The number of hydrogen-bond donors (Lipinski definition) is 1. The summed E-state index contributed by atoms with van der Waals surface area (Å²) in [7, 11) is 0. The molecule has 3 aromatic rings. The number of nitrogens with two attached hydrogens (primary N) is 1. The SMILES string of the molecule is CCN1/C(=C/C=C2\CCCC(/C=C/C3=[N+](CC)c4ccccc4C3(C)C)C2Oc2ccc(CCN)cc2)C(C)(C)c2ccccc21. The lowest BCUT2D eigenvalue weighted by Gasteiger charge is -2.33. The van der Waals surface area contributed by atoms with Crippen LogP contribution in [0.4, 0.5) is 11.4 Å². The summed E-state index contributed by atoms with van der Waals surface area (Å²) in [6, 6.07) is 26.3. The normalized spacial score (nSPS) is 23.4. The van der Waals surface area contributed by atoms with E-state index in [1.165, 1.54) is 45.0 Å². The van der Waals surface area contributed by atoms with Crippen LogP contribution >= 0.6 is 0 Å². The number of benzene rings is 3. The monoisotopic (exact) mass is 614 g/mol. The van der Waals surface area contributed by atoms with E-state index in [4.69, 9.17) is 10.5 Å². The molecule has 1 saturated carbocycles. The average molecular weight is 615 g/mol. The van der Waals surface area contributed by atoms with E-state index in [2.05, 4.69) is 148 Å².